The Bertz CT molecular complexity index is 687. The number of aliphatic carboxylic acids is 2. The fourth-order valence-corrected chi connectivity index (χ4v) is 3.49. The minimum Gasteiger partial charge on any atom is -0.481 e. The molecule has 0 saturated heterocycles. The standard InChI is InChI=1S/C24H32N2O4/c27-21(28)15-7-9-17-25-23(19-11-3-1-4-12-19)24(20-13-5-2-6-14-20)26-18-10-8-16-22(29)30/h1-6,11-14,23-26H,7-10,15-18H2,(H,27,28)(H,29,30)/t23-,24-/m0/s1. The second-order valence-electron chi connectivity index (χ2n) is 7.39. The fraction of sp³-hybridized carbons (Fsp3) is 0.417. The molecule has 0 radical (unpaired) electrons. The summed E-state index contributed by atoms with van der Waals surface area (Å²) in [7, 11) is 0. The SMILES string of the molecule is O=C(O)CCCCN[C@@H](c1ccccc1)[C@@H](NCCCCC(=O)O)c1ccccc1. The van der Waals surface area contributed by atoms with Crippen LogP contribution < -0.4 is 10.6 Å². The largest absolute Gasteiger partial charge is 0.481 e. The van der Waals surface area contributed by atoms with E-state index in [2.05, 4.69) is 34.9 Å². The van der Waals surface area contributed by atoms with Gasteiger partial charge in [0.25, 0.3) is 0 Å². The molecule has 0 aliphatic carbocycles. The lowest BCUT2D eigenvalue weighted by molar-refractivity contribution is -0.138. The zero-order valence-corrected chi connectivity index (χ0v) is 17.3. The van der Waals surface area contributed by atoms with Gasteiger partial charge in [-0.2, -0.15) is 0 Å². The smallest absolute Gasteiger partial charge is 0.303 e. The average Bonchev–Trinajstić information content (AvgIpc) is 2.75. The van der Waals surface area contributed by atoms with E-state index in [9.17, 15) is 9.59 Å². The van der Waals surface area contributed by atoms with E-state index in [1.165, 1.54) is 0 Å². The Kier molecular flexibility index (Phi) is 10.6. The molecule has 0 aliphatic heterocycles. The monoisotopic (exact) mass is 412 g/mol. The maximum absolute atomic E-state index is 10.8. The molecule has 0 aliphatic rings. The minimum atomic E-state index is -0.764. The van der Waals surface area contributed by atoms with E-state index in [0.29, 0.717) is 12.8 Å². The zero-order valence-electron chi connectivity index (χ0n) is 17.3. The maximum Gasteiger partial charge on any atom is 0.303 e. The Labute approximate surface area is 178 Å². The predicted octanol–water partition coefficient (Wildman–Crippen LogP) is 4.16. The van der Waals surface area contributed by atoms with Crippen molar-refractivity contribution in [2.45, 2.75) is 50.6 Å². The summed E-state index contributed by atoms with van der Waals surface area (Å²) in [6.45, 7) is 1.44. The molecule has 0 bridgehead atoms. The summed E-state index contributed by atoms with van der Waals surface area (Å²) in [5.41, 5.74) is 2.31. The summed E-state index contributed by atoms with van der Waals surface area (Å²) >= 11 is 0. The normalized spacial score (nSPS) is 12.9. The molecule has 30 heavy (non-hydrogen) atoms. The Hall–Kier alpha value is -2.70. The van der Waals surface area contributed by atoms with Gasteiger partial charge < -0.3 is 20.8 Å². The maximum atomic E-state index is 10.8. The summed E-state index contributed by atoms with van der Waals surface area (Å²) in [6, 6.07) is 20.5. The second kappa shape index (κ2) is 13.5. The molecule has 0 unspecified atom stereocenters. The van der Waals surface area contributed by atoms with Gasteiger partial charge in [-0.15, -0.1) is 0 Å². The first-order valence-electron chi connectivity index (χ1n) is 10.6. The second-order valence-corrected chi connectivity index (χ2v) is 7.39. The molecule has 2 aromatic rings. The first-order valence-corrected chi connectivity index (χ1v) is 10.6. The van der Waals surface area contributed by atoms with Gasteiger partial charge in [0.1, 0.15) is 0 Å². The highest BCUT2D eigenvalue weighted by Gasteiger charge is 2.23. The minimum absolute atomic E-state index is 0.0119. The lowest BCUT2D eigenvalue weighted by atomic mass is 9.93. The highest BCUT2D eigenvalue weighted by molar-refractivity contribution is 5.66. The van der Waals surface area contributed by atoms with Crippen LogP contribution in [0.2, 0.25) is 0 Å². The molecule has 6 heteroatoms. The molecule has 0 amide bonds. The van der Waals surface area contributed by atoms with Crippen LogP contribution in [0.15, 0.2) is 60.7 Å². The first kappa shape index (κ1) is 23.6. The predicted molar refractivity (Wildman–Crippen MR) is 117 cm³/mol. The quantitative estimate of drug-likeness (QED) is 0.328. The van der Waals surface area contributed by atoms with Crippen molar-refractivity contribution in [3.63, 3.8) is 0 Å². The van der Waals surface area contributed by atoms with Crippen molar-refractivity contribution in [3.05, 3.63) is 71.8 Å². The van der Waals surface area contributed by atoms with E-state index < -0.39 is 11.9 Å². The molecule has 0 heterocycles. The van der Waals surface area contributed by atoms with Gasteiger partial charge in [-0.25, -0.2) is 0 Å². The van der Waals surface area contributed by atoms with Crippen LogP contribution in [0.1, 0.15) is 61.7 Å². The van der Waals surface area contributed by atoms with Crippen molar-refractivity contribution in [2.24, 2.45) is 0 Å². The summed E-state index contributed by atoms with van der Waals surface area (Å²) in [4.78, 5) is 21.5. The van der Waals surface area contributed by atoms with Crippen LogP contribution in [0.25, 0.3) is 0 Å². The van der Waals surface area contributed by atoms with E-state index in [-0.39, 0.29) is 24.9 Å². The van der Waals surface area contributed by atoms with Crippen LogP contribution in [-0.2, 0) is 9.59 Å². The third-order valence-electron chi connectivity index (χ3n) is 5.01. The number of nitrogens with one attached hydrogen (secondary N) is 2. The average molecular weight is 413 g/mol. The van der Waals surface area contributed by atoms with E-state index in [1.807, 2.05) is 36.4 Å². The number of hydrogen-bond donors (Lipinski definition) is 4. The van der Waals surface area contributed by atoms with Crippen LogP contribution in [-0.4, -0.2) is 35.2 Å². The number of hydrogen-bond acceptors (Lipinski definition) is 4. The van der Waals surface area contributed by atoms with Crippen LogP contribution in [0.4, 0.5) is 0 Å². The molecule has 162 valence electrons. The number of carboxylic acid groups (broad SMARTS) is 2. The van der Waals surface area contributed by atoms with Crippen molar-refractivity contribution < 1.29 is 19.8 Å². The number of rotatable bonds is 15. The van der Waals surface area contributed by atoms with E-state index in [4.69, 9.17) is 10.2 Å². The van der Waals surface area contributed by atoms with Crippen molar-refractivity contribution >= 4 is 11.9 Å². The topological polar surface area (TPSA) is 98.7 Å². The highest BCUT2D eigenvalue weighted by Crippen LogP contribution is 2.29. The van der Waals surface area contributed by atoms with Gasteiger partial charge in [0.15, 0.2) is 0 Å². The molecule has 6 nitrogen and oxygen atoms in total. The molecular formula is C24H32N2O4. The van der Waals surface area contributed by atoms with Crippen molar-refractivity contribution in [1.29, 1.82) is 0 Å². The molecule has 0 aromatic heterocycles. The van der Waals surface area contributed by atoms with Gasteiger partial charge in [-0.05, 0) is 49.9 Å². The lowest BCUT2D eigenvalue weighted by Crippen LogP contribution is -2.36. The van der Waals surface area contributed by atoms with Gasteiger partial charge in [-0.1, -0.05) is 60.7 Å². The fourth-order valence-electron chi connectivity index (χ4n) is 3.49. The molecule has 0 saturated carbocycles. The van der Waals surface area contributed by atoms with Crippen molar-refractivity contribution in [3.8, 4) is 0 Å². The lowest BCUT2D eigenvalue weighted by Gasteiger charge is -2.30. The van der Waals surface area contributed by atoms with Crippen LogP contribution in [0.3, 0.4) is 0 Å². The summed E-state index contributed by atoms with van der Waals surface area (Å²) in [5, 5.41) is 24.9. The van der Waals surface area contributed by atoms with Gasteiger partial charge >= 0.3 is 11.9 Å². The molecular weight excluding hydrogens is 380 g/mol. The molecule has 0 fully saturated rings. The highest BCUT2D eigenvalue weighted by atomic mass is 16.4. The summed E-state index contributed by atoms with van der Waals surface area (Å²) in [5.74, 6) is -1.53. The van der Waals surface area contributed by atoms with Gasteiger partial charge in [-0.3, -0.25) is 9.59 Å². The molecule has 0 spiro atoms. The zero-order chi connectivity index (χ0) is 21.6. The van der Waals surface area contributed by atoms with Gasteiger partial charge in [0, 0.05) is 12.8 Å². The summed E-state index contributed by atoms with van der Waals surface area (Å²) < 4.78 is 0. The number of unbranched alkanes of at least 4 members (excludes halogenated alkanes) is 2. The first-order chi connectivity index (χ1) is 14.6. The third-order valence-corrected chi connectivity index (χ3v) is 5.01. The van der Waals surface area contributed by atoms with Gasteiger partial charge in [0.05, 0.1) is 12.1 Å². The van der Waals surface area contributed by atoms with E-state index in [1.54, 1.807) is 0 Å². The van der Waals surface area contributed by atoms with E-state index >= 15 is 0 Å². The number of carboxylic acids is 2. The number of benzene rings is 2. The third kappa shape index (κ3) is 8.76. The van der Waals surface area contributed by atoms with Crippen LogP contribution in [0.5, 0.6) is 0 Å². The van der Waals surface area contributed by atoms with Crippen LogP contribution in [0, 0.1) is 0 Å². The summed E-state index contributed by atoms with van der Waals surface area (Å²) in [6.07, 6.45) is 3.22. The Morgan fingerprint density at radius 1 is 0.633 bits per heavy atom. The van der Waals surface area contributed by atoms with Crippen LogP contribution >= 0.6 is 0 Å². The van der Waals surface area contributed by atoms with Crippen molar-refractivity contribution in [1.82, 2.24) is 10.6 Å². The molecule has 2 atom stereocenters. The Morgan fingerprint density at radius 3 is 1.33 bits per heavy atom. The molecule has 2 rings (SSSR count). The van der Waals surface area contributed by atoms with E-state index in [0.717, 1.165) is 37.1 Å². The Morgan fingerprint density at radius 2 is 1.00 bits per heavy atom. The molecule has 4 N–H and O–H groups in total. The Balaban J connectivity index is 2.10. The van der Waals surface area contributed by atoms with Gasteiger partial charge in [0.2, 0.25) is 0 Å². The number of carbonyl (C=O) groups is 2. The van der Waals surface area contributed by atoms with Crippen molar-refractivity contribution in [2.75, 3.05) is 13.1 Å². The molecule has 2 aromatic carbocycles.